The molecule has 6 nitrogen and oxygen atoms in total. The van der Waals surface area contributed by atoms with Crippen molar-refractivity contribution in [1.29, 1.82) is 0 Å². The maximum absolute atomic E-state index is 12.9. The van der Waals surface area contributed by atoms with Gasteiger partial charge in [-0.15, -0.1) is 11.3 Å². The molecule has 3 rings (SSSR count). The van der Waals surface area contributed by atoms with E-state index in [1.54, 1.807) is 43.3 Å². The largest absolute Gasteiger partial charge is 0.391 e. The van der Waals surface area contributed by atoms with Crippen LogP contribution in [0.4, 0.5) is 0 Å². The summed E-state index contributed by atoms with van der Waals surface area (Å²) in [5, 5.41) is 15.0. The van der Waals surface area contributed by atoms with Gasteiger partial charge in [0, 0.05) is 31.4 Å². The van der Waals surface area contributed by atoms with Crippen LogP contribution in [0.25, 0.3) is 0 Å². The molecule has 3 heterocycles. The van der Waals surface area contributed by atoms with Crippen LogP contribution in [0, 0.1) is 5.92 Å². The van der Waals surface area contributed by atoms with Gasteiger partial charge in [-0.25, -0.2) is 0 Å². The van der Waals surface area contributed by atoms with Crippen molar-refractivity contribution in [3.8, 4) is 0 Å². The molecule has 2 N–H and O–H groups in total. The quantitative estimate of drug-likeness (QED) is 0.836. The molecule has 0 aromatic carbocycles. The molecule has 1 aliphatic rings. The van der Waals surface area contributed by atoms with Crippen LogP contribution in [0.15, 0.2) is 42.0 Å². The van der Waals surface area contributed by atoms with Crippen LogP contribution in [0.5, 0.6) is 0 Å². The van der Waals surface area contributed by atoms with Gasteiger partial charge >= 0.3 is 0 Å². The molecule has 0 radical (unpaired) electrons. The Morgan fingerprint density at radius 1 is 1.31 bits per heavy atom. The molecule has 0 spiro atoms. The summed E-state index contributed by atoms with van der Waals surface area (Å²) < 4.78 is 0. The predicted octanol–water partition coefficient (Wildman–Crippen LogP) is 1.71. The number of nitrogens with one attached hydrogen (secondary N) is 1. The normalized spacial score (nSPS) is 20.2. The highest BCUT2D eigenvalue weighted by Gasteiger charge is 2.40. The molecule has 0 aliphatic carbocycles. The van der Waals surface area contributed by atoms with E-state index in [4.69, 9.17) is 0 Å². The summed E-state index contributed by atoms with van der Waals surface area (Å²) in [5.74, 6) is -0.463. The summed E-state index contributed by atoms with van der Waals surface area (Å²) in [7, 11) is 0. The third-order valence-electron chi connectivity index (χ3n) is 4.65. The highest BCUT2D eigenvalue weighted by Crippen LogP contribution is 2.24. The van der Waals surface area contributed by atoms with Crippen molar-refractivity contribution in [2.24, 2.45) is 5.92 Å². The molecule has 7 heteroatoms. The van der Waals surface area contributed by atoms with E-state index in [1.807, 2.05) is 17.5 Å². The minimum atomic E-state index is -1.04. The highest BCUT2D eigenvalue weighted by molar-refractivity contribution is 7.12. The fraction of sp³-hybridized carbons (Fsp3) is 0.421. The summed E-state index contributed by atoms with van der Waals surface area (Å²) in [6.45, 7) is 4.15. The lowest BCUT2D eigenvalue weighted by molar-refractivity contribution is -0.136. The van der Waals surface area contributed by atoms with Gasteiger partial charge in [0.1, 0.15) is 5.54 Å². The van der Waals surface area contributed by atoms with Crippen molar-refractivity contribution in [2.75, 3.05) is 13.1 Å². The lowest BCUT2D eigenvalue weighted by atomic mass is 9.97. The first-order valence-electron chi connectivity index (χ1n) is 8.59. The van der Waals surface area contributed by atoms with Gasteiger partial charge < -0.3 is 15.3 Å². The fourth-order valence-electron chi connectivity index (χ4n) is 3.24. The number of hydrogen-bond acceptors (Lipinski definition) is 5. The monoisotopic (exact) mass is 373 g/mol. The van der Waals surface area contributed by atoms with Crippen LogP contribution in [-0.2, 0) is 11.2 Å². The Morgan fingerprint density at radius 3 is 2.69 bits per heavy atom. The Bertz CT molecular complexity index is 762. The zero-order valence-corrected chi connectivity index (χ0v) is 15.7. The van der Waals surface area contributed by atoms with Crippen LogP contribution in [0.2, 0.25) is 0 Å². The lowest BCUT2D eigenvalue weighted by Crippen LogP contribution is -2.55. The third kappa shape index (κ3) is 4.11. The summed E-state index contributed by atoms with van der Waals surface area (Å²) >= 11 is 1.34. The molecule has 0 unspecified atom stereocenters. The summed E-state index contributed by atoms with van der Waals surface area (Å²) in [6.07, 6.45) is 3.57. The molecule has 2 aromatic rings. The fourth-order valence-corrected chi connectivity index (χ4v) is 3.86. The maximum atomic E-state index is 12.9. The number of amides is 2. The maximum Gasteiger partial charge on any atom is 0.262 e. The number of aromatic nitrogens is 1. The Hall–Kier alpha value is -2.25. The van der Waals surface area contributed by atoms with E-state index in [-0.39, 0.29) is 24.3 Å². The SMILES string of the molecule is CC(C)(NC(=O)c1cccs1)C(=O)N1C[C@@H](Cc2ccncc2)[C@H](O)C1. The molecule has 1 saturated heterocycles. The van der Waals surface area contributed by atoms with Crippen LogP contribution >= 0.6 is 11.3 Å². The number of β-amino-alcohol motifs (C(OH)–C–C–N with tert-alkyl or cyclic N) is 1. The first kappa shape index (κ1) is 18.5. The molecule has 26 heavy (non-hydrogen) atoms. The second kappa shape index (κ2) is 7.55. The van der Waals surface area contributed by atoms with Gasteiger partial charge in [0.05, 0.1) is 11.0 Å². The first-order valence-corrected chi connectivity index (χ1v) is 9.47. The van der Waals surface area contributed by atoms with E-state index in [1.165, 1.54) is 11.3 Å². The van der Waals surface area contributed by atoms with Crippen LogP contribution in [-0.4, -0.2) is 51.5 Å². The molecule has 1 fully saturated rings. The zero-order chi connectivity index (χ0) is 18.7. The standard InChI is InChI=1S/C19H23N3O3S/c1-19(2,21-17(24)16-4-3-9-26-16)18(25)22-11-14(15(23)12-22)10-13-5-7-20-8-6-13/h3-9,14-15,23H,10-12H2,1-2H3,(H,21,24)/t14-,15-/m1/s1. The van der Waals surface area contributed by atoms with Crippen LogP contribution in [0.3, 0.4) is 0 Å². The van der Waals surface area contributed by atoms with Crippen molar-refractivity contribution < 1.29 is 14.7 Å². The third-order valence-corrected chi connectivity index (χ3v) is 5.52. The number of rotatable bonds is 5. The molecular weight excluding hydrogens is 350 g/mol. The molecule has 0 saturated carbocycles. The van der Waals surface area contributed by atoms with E-state index in [9.17, 15) is 14.7 Å². The number of thiophene rings is 1. The highest BCUT2D eigenvalue weighted by atomic mass is 32.1. The average Bonchev–Trinajstić information content (AvgIpc) is 3.25. The number of hydrogen-bond donors (Lipinski definition) is 2. The number of carbonyl (C=O) groups excluding carboxylic acids is 2. The van der Waals surface area contributed by atoms with Crippen LogP contribution in [0.1, 0.15) is 29.1 Å². The van der Waals surface area contributed by atoms with Gasteiger partial charge in [-0.05, 0) is 49.4 Å². The molecular formula is C19H23N3O3S. The summed E-state index contributed by atoms with van der Waals surface area (Å²) in [6, 6.07) is 7.37. The minimum Gasteiger partial charge on any atom is -0.391 e. The van der Waals surface area contributed by atoms with Crippen molar-refractivity contribution in [1.82, 2.24) is 15.2 Å². The van der Waals surface area contributed by atoms with Crippen molar-refractivity contribution in [3.63, 3.8) is 0 Å². The number of nitrogens with zero attached hydrogens (tertiary/aromatic N) is 2. The Morgan fingerprint density at radius 2 is 2.04 bits per heavy atom. The molecule has 2 aromatic heterocycles. The predicted molar refractivity (Wildman–Crippen MR) is 99.9 cm³/mol. The number of aliphatic hydroxyl groups excluding tert-OH is 1. The topological polar surface area (TPSA) is 82.5 Å². The smallest absolute Gasteiger partial charge is 0.262 e. The van der Waals surface area contributed by atoms with E-state index < -0.39 is 11.6 Å². The summed E-state index contributed by atoms with van der Waals surface area (Å²) in [4.78, 5) is 31.4. The Balaban J connectivity index is 1.63. The zero-order valence-electron chi connectivity index (χ0n) is 14.9. The molecule has 0 bridgehead atoms. The Labute approximate surface area is 156 Å². The van der Waals surface area contributed by atoms with Crippen molar-refractivity contribution in [3.05, 3.63) is 52.5 Å². The number of pyridine rings is 1. The van der Waals surface area contributed by atoms with E-state index >= 15 is 0 Å². The first-order chi connectivity index (χ1) is 12.4. The van der Waals surface area contributed by atoms with Gasteiger partial charge in [0.15, 0.2) is 0 Å². The van der Waals surface area contributed by atoms with Crippen molar-refractivity contribution in [2.45, 2.75) is 31.9 Å². The molecule has 2 atom stereocenters. The lowest BCUT2D eigenvalue weighted by Gasteiger charge is -2.30. The second-order valence-electron chi connectivity index (χ2n) is 7.15. The van der Waals surface area contributed by atoms with E-state index in [0.717, 1.165) is 5.56 Å². The van der Waals surface area contributed by atoms with E-state index in [2.05, 4.69) is 10.3 Å². The van der Waals surface area contributed by atoms with Gasteiger partial charge in [-0.1, -0.05) is 6.07 Å². The van der Waals surface area contributed by atoms with Gasteiger partial charge in [-0.2, -0.15) is 0 Å². The molecule has 2 amide bonds. The van der Waals surface area contributed by atoms with Crippen LogP contribution < -0.4 is 5.32 Å². The number of likely N-dealkylation sites (tertiary alicyclic amines) is 1. The van der Waals surface area contributed by atoms with Gasteiger partial charge in [0.2, 0.25) is 5.91 Å². The van der Waals surface area contributed by atoms with Crippen molar-refractivity contribution >= 4 is 23.2 Å². The summed E-state index contributed by atoms with van der Waals surface area (Å²) in [5.41, 5.74) is 0.0513. The van der Waals surface area contributed by atoms with Gasteiger partial charge in [-0.3, -0.25) is 14.6 Å². The van der Waals surface area contributed by atoms with E-state index in [0.29, 0.717) is 17.8 Å². The average molecular weight is 373 g/mol. The molecule has 138 valence electrons. The number of carbonyl (C=O) groups is 2. The van der Waals surface area contributed by atoms with Gasteiger partial charge in [0.25, 0.3) is 5.91 Å². The minimum absolute atomic E-state index is 0.0230. The second-order valence-corrected chi connectivity index (χ2v) is 8.10. The molecule has 1 aliphatic heterocycles. The number of aliphatic hydroxyl groups is 1. The Kier molecular flexibility index (Phi) is 5.38.